The Hall–Kier alpha value is -1.60. The second-order valence-corrected chi connectivity index (χ2v) is 5.54. The van der Waals surface area contributed by atoms with E-state index in [2.05, 4.69) is 21.3 Å². The van der Waals surface area contributed by atoms with Gasteiger partial charge in [-0.05, 0) is 51.3 Å². The molecule has 19 heavy (non-hydrogen) atoms. The van der Waals surface area contributed by atoms with Crippen molar-refractivity contribution in [1.82, 2.24) is 10.3 Å². The molecule has 0 bridgehead atoms. The van der Waals surface area contributed by atoms with E-state index in [9.17, 15) is 5.26 Å². The fourth-order valence-electron chi connectivity index (χ4n) is 3.36. The van der Waals surface area contributed by atoms with E-state index < -0.39 is 0 Å². The van der Waals surface area contributed by atoms with Gasteiger partial charge in [0.1, 0.15) is 11.9 Å². The second kappa shape index (κ2) is 5.18. The summed E-state index contributed by atoms with van der Waals surface area (Å²) in [5.74, 6) is 0.888. The smallest absolute Gasteiger partial charge is 0.147 e. The Bertz CT molecular complexity index is 499. The molecule has 2 aliphatic rings. The SMILES string of the molecule is Cc1ccc(C#N)c(N2CCCC2C2CCCN2)n1. The first-order chi connectivity index (χ1) is 9.29. The minimum absolute atomic E-state index is 0.504. The van der Waals surface area contributed by atoms with Gasteiger partial charge >= 0.3 is 0 Å². The van der Waals surface area contributed by atoms with Gasteiger partial charge in [-0.1, -0.05) is 0 Å². The fourth-order valence-corrected chi connectivity index (χ4v) is 3.36. The Balaban J connectivity index is 1.92. The maximum atomic E-state index is 9.29. The molecule has 2 unspecified atom stereocenters. The van der Waals surface area contributed by atoms with Gasteiger partial charge in [0.15, 0.2) is 0 Å². The monoisotopic (exact) mass is 256 g/mol. The van der Waals surface area contributed by atoms with Gasteiger partial charge in [0, 0.05) is 24.3 Å². The zero-order valence-electron chi connectivity index (χ0n) is 11.4. The zero-order valence-corrected chi connectivity index (χ0v) is 11.4. The first-order valence-corrected chi connectivity index (χ1v) is 7.17. The van der Waals surface area contributed by atoms with Crippen molar-refractivity contribution in [3.8, 4) is 6.07 Å². The van der Waals surface area contributed by atoms with Gasteiger partial charge in [0.05, 0.1) is 5.56 Å². The van der Waals surface area contributed by atoms with Crippen molar-refractivity contribution < 1.29 is 0 Å². The van der Waals surface area contributed by atoms with Gasteiger partial charge < -0.3 is 10.2 Å². The van der Waals surface area contributed by atoms with Crippen LogP contribution in [0.2, 0.25) is 0 Å². The topological polar surface area (TPSA) is 52.0 Å². The highest BCUT2D eigenvalue weighted by molar-refractivity contribution is 5.56. The summed E-state index contributed by atoms with van der Waals surface area (Å²) in [5, 5.41) is 12.9. The Morgan fingerprint density at radius 3 is 3.00 bits per heavy atom. The van der Waals surface area contributed by atoms with Gasteiger partial charge in [0.2, 0.25) is 0 Å². The Kier molecular flexibility index (Phi) is 3.39. The van der Waals surface area contributed by atoms with Gasteiger partial charge in [-0.2, -0.15) is 5.26 Å². The summed E-state index contributed by atoms with van der Waals surface area (Å²) in [6.45, 7) is 4.14. The number of anilines is 1. The van der Waals surface area contributed by atoms with Crippen LogP contribution in [0.15, 0.2) is 12.1 Å². The molecule has 0 spiro atoms. The molecule has 1 aromatic rings. The van der Waals surface area contributed by atoms with Crippen LogP contribution < -0.4 is 10.2 Å². The lowest BCUT2D eigenvalue weighted by atomic mass is 10.0. The molecular formula is C15H20N4. The largest absolute Gasteiger partial charge is 0.351 e. The molecule has 1 N–H and O–H groups in total. The van der Waals surface area contributed by atoms with Crippen LogP contribution in [0.5, 0.6) is 0 Å². The third kappa shape index (κ3) is 2.31. The molecule has 0 aliphatic carbocycles. The van der Waals surface area contributed by atoms with Crippen molar-refractivity contribution in [3.63, 3.8) is 0 Å². The van der Waals surface area contributed by atoms with E-state index in [1.165, 1.54) is 25.7 Å². The summed E-state index contributed by atoms with van der Waals surface area (Å²) in [7, 11) is 0. The maximum Gasteiger partial charge on any atom is 0.147 e. The Labute approximate surface area is 114 Å². The normalized spacial score (nSPS) is 26.6. The third-order valence-corrected chi connectivity index (χ3v) is 4.27. The highest BCUT2D eigenvalue weighted by Crippen LogP contribution is 2.30. The number of aromatic nitrogens is 1. The Morgan fingerprint density at radius 1 is 1.37 bits per heavy atom. The molecular weight excluding hydrogens is 236 g/mol. The minimum atomic E-state index is 0.504. The molecule has 0 aromatic carbocycles. The lowest BCUT2D eigenvalue weighted by molar-refractivity contribution is 0.480. The lowest BCUT2D eigenvalue weighted by Crippen LogP contribution is -2.44. The van der Waals surface area contributed by atoms with Crippen molar-refractivity contribution in [1.29, 1.82) is 5.26 Å². The summed E-state index contributed by atoms with van der Waals surface area (Å²) < 4.78 is 0. The van der Waals surface area contributed by atoms with Crippen LogP contribution in [0.1, 0.15) is 36.9 Å². The predicted octanol–water partition coefficient (Wildman–Crippen LogP) is 1.98. The third-order valence-electron chi connectivity index (χ3n) is 4.27. The summed E-state index contributed by atoms with van der Waals surface area (Å²) in [6, 6.07) is 7.17. The summed E-state index contributed by atoms with van der Waals surface area (Å²) >= 11 is 0. The first kappa shape index (κ1) is 12.4. The minimum Gasteiger partial charge on any atom is -0.351 e. The maximum absolute atomic E-state index is 9.29. The molecule has 2 aliphatic heterocycles. The molecule has 0 saturated carbocycles. The van der Waals surface area contributed by atoms with E-state index in [4.69, 9.17) is 0 Å². The summed E-state index contributed by atoms with van der Waals surface area (Å²) in [5.41, 5.74) is 1.69. The van der Waals surface area contributed by atoms with Crippen molar-refractivity contribution in [3.05, 3.63) is 23.4 Å². The van der Waals surface area contributed by atoms with Crippen LogP contribution in [0, 0.1) is 18.3 Å². The zero-order chi connectivity index (χ0) is 13.2. The average molecular weight is 256 g/mol. The van der Waals surface area contributed by atoms with Crippen LogP contribution in [0.4, 0.5) is 5.82 Å². The van der Waals surface area contributed by atoms with Gasteiger partial charge in [-0.15, -0.1) is 0 Å². The van der Waals surface area contributed by atoms with Crippen molar-refractivity contribution in [2.24, 2.45) is 0 Å². The van der Waals surface area contributed by atoms with Crippen LogP contribution >= 0.6 is 0 Å². The van der Waals surface area contributed by atoms with Crippen molar-refractivity contribution in [2.75, 3.05) is 18.0 Å². The molecule has 0 radical (unpaired) electrons. The number of pyridine rings is 1. The standard InChI is InChI=1S/C15H20N4/c1-11-6-7-12(10-16)15(18-11)19-9-3-5-14(19)13-4-2-8-17-13/h6-7,13-14,17H,2-5,8-9H2,1H3. The van der Waals surface area contributed by atoms with Crippen molar-refractivity contribution >= 4 is 5.82 Å². The van der Waals surface area contributed by atoms with Crippen LogP contribution in [-0.2, 0) is 0 Å². The molecule has 3 heterocycles. The Morgan fingerprint density at radius 2 is 2.26 bits per heavy atom. The molecule has 2 saturated heterocycles. The molecule has 2 atom stereocenters. The highest BCUT2D eigenvalue weighted by Gasteiger charge is 2.34. The fraction of sp³-hybridized carbons (Fsp3) is 0.600. The van der Waals surface area contributed by atoms with E-state index in [0.29, 0.717) is 17.6 Å². The molecule has 4 heteroatoms. The molecule has 3 rings (SSSR count). The second-order valence-electron chi connectivity index (χ2n) is 5.54. The number of aryl methyl sites for hydroxylation is 1. The van der Waals surface area contributed by atoms with Gasteiger partial charge in [-0.3, -0.25) is 0 Å². The summed E-state index contributed by atoms with van der Waals surface area (Å²) in [6.07, 6.45) is 4.91. The quantitative estimate of drug-likeness (QED) is 0.879. The molecule has 100 valence electrons. The van der Waals surface area contributed by atoms with Gasteiger partial charge in [-0.25, -0.2) is 4.98 Å². The van der Waals surface area contributed by atoms with E-state index in [1.807, 2.05) is 19.1 Å². The number of nitriles is 1. The van der Waals surface area contributed by atoms with E-state index in [0.717, 1.165) is 24.6 Å². The number of rotatable bonds is 2. The van der Waals surface area contributed by atoms with E-state index >= 15 is 0 Å². The average Bonchev–Trinajstić information content (AvgIpc) is 3.09. The van der Waals surface area contributed by atoms with E-state index in [1.54, 1.807) is 0 Å². The molecule has 0 amide bonds. The number of hydrogen-bond donors (Lipinski definition) is 1. The lowest BCUT2D eigenvalue weighted by Gasteiger charge is -2.31. The first-order valence-electron chi connectivity index (χ1n) is 7.17. The van der Waals surface area contributed by atoms with Crippen LogP contribution in [0.3, 0.4) is 0 Å². The predicted molar refractivity (Wildman–Crippen MR) is 75.1 cm³/mol. The number of hydrogen-bond acceptors (Lipinski definition) is 4. The van der Waals surface area contributed by atoms with Crippen LogP contribution in [0.25, 0.3) is 0 Å². The number of nitrogens with zero attached hydrogens (tertiary/aromatic N) is 3. The number of nitrogens with one attached hydrogen (secondary N) is 1. The van der Waals surface area contributed by atoms with Crippen molar-refractivity contribution in [2.45, 2.75) is 44.7 Å². The van der Waals surface area contributed by atoms with E-state index in [-0.39, 0.29) is 0 Å². The molecule has 2 fully saturated rings. The van der Waals surface area contributed by atoms with Crippen LogP contribution in [-0.4, -0.2) is 30.2 Å². The molecule has 1 aromatic heterocycles. The van der Waals surface area contributed by atoms with Gasteiger partial charge in [0.25, 0.3) is 0 Å². The molecule has 4 nitrogen and oxygen atoms in total. The highest BCUT2D eigenvalue weighted by atomic mass is 15.3. The summed E-state index contributed by atoms with van der Waals surface area (Å²) in [4.78, 5) is 6.98.